The van der Waals surface area contributed by atoms with Gasteiger partial charge < -0.3 is 4.90 Å². The van der Waals surface area contributed by atoms with Crippen molar-refractivity contribution in [3.8, 4) is 0 Å². The molecule has 1 aliphatic heterocycles. The first-order valence-electron chi connectivity index (χ1n) is 6.56. The van der Waals surface area contributed by atoms with Crippen LogP contribution in [-0.4, -0.2) is 17.4 Å². The first kappa shape index (κ1) is 12.9. The Morgan fingerprint density at radius 1 is 1.39 bits per heavy atom. The molecule has 0 aliphatic carbocycles. The third-order valence-electron chi connectivity index (χ3n) is 3.76. The Morgan fingerprint density at radius 2 is 2.06 bits per heavy atom. The normalized spacial score (nSPS) is 19.9. The lowest BCUT2D eigenvalue weighted by atomic mass is 9.91. The summed E-state index contributed by atoms with van der Waals surface area (Å²) in [5.41, 5.74) is 0.764. The van der Waals surface area contributed by atoms with Crippen molar-refractivity contribution in [2.24, 2.45) is 5.41 Å². The van der Waals surface area contributed by atoms with Gasteiger partial charge in [-0.05, 0) is 32.3 Å². The standard InChI is InChI=1S/C16H21NO/c1-4-16(2,3)15(18)17-12-8-11-14(17)13-9-6-5-7-10-13/h4-7,9-10,14H,1,8,11-12H2,2-3H3. The number of amides is 1. The highest BCUT2D eigenvalue weighted by Crippen LogP contribution is 2.35. The van der Waals surface area contributed by atoms with E-state index in [9.17, 15) is 4.79 Å². The highest BCUT2D eigenvalue weighted by Gasteiger charge is 2.36. The molecule has 1 aliphatic rings. The highest BCUT2D eigenvalue weighted by molar-refractivity contribution is 5.84. The maximum Gasteiger partial charge on any atom is 0.232 e. The number of benzene rings is 1. The molecule has 0 saturated carbocycles. The second-order valence-electron chi connectivity index (χ2n) is 5.49. The second kappa shape index (κ2) is 4.97. The predicted octanol–water partition coefficient (Wildman–Crippen LogP) is 3.56. The third kappa shape index (κ3) is 2.33. The molecule has 0 aromatic heterocycles. The third-order valence-corrected chi connectivity index (χ3v) is 3.76. The number of nitrogens with zero attached hydrogens (tertiary/aromatic N) is 1. The second-order valence-corrected chi connectivity index (χ2v) is 5.49. The van der Waals surface area contributed by atoms with Gasteiger partial charge in [0.1, 0.15) is 0 Å². The van der Waals surface area contributed by atoms with E-state index in [1.54, 1.807) is 6.08 Å². The summed E-state index contributed by atoms with van der Waals surface area (Å²) >= 11 is 0. The van der Waals surface area contributed by atoms with Gasteiger partial charge in [-0.2, -0.15) is 0 Å². The van der Waals surface area contributed by atoms with Crippen molar-refractivity contribution in [3.05, 3.63) is 48.6 Å². The van der Waals surface area contributed by atoms with E-state index in [2.05, 4.69) is 18.7 Å². The molecule has 2 rings (SSSR count). The number of hydrogen-bond donors (Lipinski definition) is 0. The van der Waals surface area contributed by atoms with E-state index >= 15 is 0 Å². The fourth-order valence-electron chi connectivity index (χ4n) is 2.49. The molecule has 2 heteroatoms. The van der Waals surface area contributed by atoms with E-state index in [4.69, 9.17) is 0 Å². The fraction of sp³-hybridized carbons (Fsp3) is 0.438. The molecule has 2 nitrogen and oxygen atoms in total. The van der Waals surface area contributed by atoms with Crippen molar-refractivity contribution in [2.75, 3.05) is 6.54 Å². The molecule has 1 heterocycles. The summed E-state index contributed by atoms with van der Waals surface area (Å²) < 4.78 is 0. The van der Waals surface area contributed by atoms with Crippen LogP contribution < -0.4 is 0 Å². The van der Waals surface area contributed by atoms with Gasteiger partial charge in [0.25, 0.3) is 0 Å². The average Bonchev–Trinajstić information content (AvgIpc) is 2.87. The minimum atomic E-state index is -0.475. The van der Waals surface area contributed by atoms with Gasteiger partial charge in [0.2, 0.25) is 5.91 Å². The predicted molar refractivity (Wildman–Crippen MR) is 74.1 cm³/mol. The van der Waals surface area contributed by atoms with Crippen molar-refractivity contribution in [1.29, 1.82) is 0 Å². The lowest BCUT2D eigenvalue weighted by Crippen LogP contribution is -2.39. The smallest absolute Gasteiger partial charge is 0.232 e. The Hall–Kier alpha value is -1.57. The lowest BCUT2D eigenvalue weighted by molar-refractivity contribution is -0.138. The Bertz CT molecular complexity index is 436. The van der Waals surface area contributed by atoms with Crippen molar-refractivity contribution >= 4 is 5.91 Å². The molecular weight excluding hydrogens is 222 g/mol. The number of carbonyl (C=O) groups is 1. The van der Waals surface area contributed by atoms with Crippen LogP contribution in [0.4, 0.5) is 0 Å². The first-order chi connectivity index (χ1) is 8.56. The zero-order chi connectivity index (χ0) is 13.2. The summed E-state index contributed by atoms with van der Waals surface area (Å²) in [5, 5.41) is 0. The quantitative estimate of drug-likeness (QED) is 0.743. The maximum absolute atomic E-state index is 12.5. The number of hydrogen-bond acceptors (Lipinski definition) is 1. The van der Waals surface area contributed by atoms with Crippen LogP contribution >= 0.6 is 0 Å². The Kier molecular flexibility index (Phi) is 3.55. The van der Waals surface area contributed by atoms with E-state index in [1.165, 1.54) is 5.56 Å². The molecule has 1 saturated heterocycles. The summed E-state index contributed by atoms with van der Waals surface area (Å²) in [5.74, 6) is 0.184. The van der Waals surface area contributed by atoms with Crippen molar-refractivity contribution in [3.63, 3.8) is 0 Å². The Balaban J connectivity index is 2.23. The van der Waals surface area contributed by atoms with E-state index in [-0.39, 0.29) is 11.9 Å². The zero-order valence-corrected chi connectivity index (χ0v) is 11.2. The van der Waals surface area contributed by atoms with E-state index in [0.717, 1.165) is 19.4 Å². The molecule has 1 amide bonds. The van der Waals surface area contributed by atoms with Crippen LogP contribution in [0, 0.1) is 5.41 Å². The van der Waals surface area contributed by atoms with Gasteiger partial charge >= 0.3 is 0 Å². The van der Waals surface area contributed by atoms with E-state index < -0.39 is 5.41 Å². The first-order valence-corrected chi connectivity index (χ1v) is 6.56. The number of carbonyl (C=O) groups excluding carboxylic acids is 1. The van der Waals surface area contributed by atoms with Crippen LogP contribution in [0.1, 0.15) is 38.3 Å². The van der Waals surface area contributed by atoms with Crippen LogP contribution in [0.2, 0.25) is 0 Å². The molecule has 18 heavy (non-hydrogen) atoms. The summed E-state index contributed by atoms with van der Waals surface area (Å²) in [6.07, 6.45) is 3.89. The lowest BCUT2D eigenvalue weighted by Gasteiger charge is -2.31. The molecule has 0 radical (unpaired) electrons. The monoisotopic (exact) mass is 243 g/mol. The van der Waals surface area contributed by atoms with E-state index in [0.29, 0.717) is 0 Å². The molecule has 1 unspecified atom stereocenters. The van der Waals surface area contributed by atoms with Crippen LogP contribution in [0.15, 0.2) is 43.0 Å². The molecule has 0 N–H and O–H groups in total. The molecule has 0 bridgehead atoms. The van der Waals surface area contributed by atoms with E-state index in [1.807, 2.05) is 36.9 Å². The van der Waals surface area contributed by atoms with Gasteiger partial charge in [-0.25, -0.2) is 0 Å². The van der Waals surface area contributed by atoms with Gasteiger partial charge in [-0.15, -0.1) is 6.58 Å². The van der Waals surface area contributed by atoms with Crippen LogP contribution in [0.25, 0.3) is 0 Å². The van der Waals surface area contributed by atoms with Crippen molar-refractivity contribution in [2.45, 2.75) is 32.7 Å². The van der Waals surface area contributed by atoms with Gasteiger partial charge in [-0.1, -0.05) is 36.4 Å². The summed E-state index contributed by atoms with van der Waals surface area (Å²) in [6.45, 7) is 8.50. The average molecular weight is 243 g/mol. The van der Waals surface area contributed by atoms with Crippen LogP contribution in [0.3, 0.4) is 0 Å². The van der Waals surface area contributed by atoms with Gasteiger partial charge in [0, 0.05) is 6.54 Å². The molecule has 0 spiro atoms. The van der Waals surface area contributed by atoms with Gasteiger partial charge in [-0.3, -0.25) is 4.79 Å². The molecule has 1 aromatic rings. The van der Waals surface area contributed by atoms with Crippen molar-refractivity contribution in [1.82, 2.24) is 4.90 Å². The zero-order valence-electron chi connectivity index (χ0n) is 11.2. The topological polar surface area (TPSA) is 20.3 Å². The molecular formula is C16H21NO. The van der Waals surface area contributed by atoms with Crippen LogP contribution in [0.5, 0.6) is 0 Å². The molecule has 1 fully saturated rings. The van der Waals surface area contributed by atoms with Gasteiger partial charge in [0.15, 0.2) is 0 Å². The maximum atomic E-state index is 12.5. The fourth-order valence-corrected chi connectivity index (χ4v) is 2.49. The summed E-state index contributed by atoms with van der Waals surface area (Å²) in [7, 11) is 0. The largest absolute Gasteiger partial charge is 0.335 e. The minimum absolute atomic E-state index is 0.184. The summed E-state index contributed by atoms with van der Waals surface area (Å²) in [4.78, 5) is 14.5. The Labute approximate surface area is 109 Å². The SMILES string of the molecule is C=CC(C)(C)C(=O)N1CCCC1c1ccccc1. The van der Waals surface area contributed by atoms with Gasteiger partial charge in [0.05, 0.1) is 11.5 Å². The van der Waals surface area contributed by atoms with Crippen molar-refractivity contribution < 1.29 is 4.79 Å². The summed E-state index contributed by atoms with van der Waals surface area (Å²) in [6, 6.07) is 10.5. The molecule has 1 atom stereocenters. The highest BCUT2D eigenvalue weighted by atomic mass is 16.2. The number of likely N-dealkylation sites (tertiary alicyclic amines) is 1. The molecule has 1 aromatic carbocycles. The van der Waals surface area contributed by atoms with Crippen LogP contribution in [-0.2, 0) is 4.79 Å². The minimum Gasteiger partial charge on any atom is -0.335 e. The Morgan fingerprint density at radius 3 is 2.67 bits per heavy atom. The molecule has 96 valence electrons. The number of rotatable bonds is 3.